The van der Waals surface area contributed by atoms with Gasteiger partial charge in [0.2, 0.25) is 11.9 Å². The third-order valence-corrected chi connectivity index (χ3v) is 3.37. The van der Waals surface area contributed by atoms with Crippen LogP contribution in [0.1, 0.15) is 12.5 Å². The molecule has 1 saturated heterocycles. The maximum atomic E-state index is 5.36. The molecule has 1 fully saturated rings. The second kappa shape index (κ2) is 8.21. The zero-order chi connectivity index (χ0) is 16.6. The van der Waals surface area contributed by atoms with E-state index in [9.17, 15) is 0 Å². The van der Waals surface area contributed by atoms with Crippen LogP contribution in [0.4, 0.5) is 11.9 Å². The lowest BCUT2D eigenvalue weighted by Crippen LogP contribution is -2.37. The normalized spacial score (nSPS) is 14.8. The van der Waals surface area contributed by atoms with Crippen molar-refractivity contribution in [2.75, 3.05) is 43.1 Å². The average Bonchev–Trinajstić information content (AvgIpc) is 2.63. The summed E-state index contributed by atoms with van der Waals surface area (Å²) >= 11 is 0. The molecule has 0 atom stereocenters. The highest BCUT2D eigenvalue weighted by Crippen LogP contribution is 2.16. The maximum Gasteiger partial charge on any atom is 0.352 e. The van der Waals surface area contributed by atoms with Gasteiger partial charge in [0.25, 0.3) is 0 Å². The number of aromatic nitrogens is 3. The Morgan fingerprint density at radius 2 is 2.00 bits per heavy atom. The second-order valence-corrected chi connectivity index (χ2v) is 5.11. The van der Waals surface area contributed by atoms with Crippen molar-refractivity contribution in [2.24, 2.45) is 5.16 Å². The molecule has 0 spiro atoms. The smallest absolute Gasteiger partial charge is 0.352 e. The lowest BCUT2D eigenvalue weighted by molar-refractivity contribution is 0.122. The minimum Gasteiger partial charge on any atom is -0.378 e. The summed E-state index contributed by atoms with van der Waals surface area (Å²) in [4.78, 5) is 20.4. The Bertz CT molecular complexity index is 674. The molecule has 1 aromatic carbocycles. The SMILES string of the molecule is CCNc1nc(O/N=C/c2ccccc2)nc(N2CCOCC2)n1. The first kappa shape index (κ1) is 16.1. The van der Waals surface area contributed by atoms with Gasteiger partial charge in [-0.25, -0.2) is 0 Å². The molecule has 8 nitrogen and oxygen atoms in total. The molecule has 0 amide bonds. The number of hydrogen-bond acceptors (Lipinski definition) is 8. The van der Waals surface area contributed by atoms with E-state index in [-0.39, 0.29) is 6.01 Å². The Balaban J connectivity index is 1.75. The van der Waals surface area contributed by atoms with Gasteiger partial charge in [0.05, 0.1) is 19.4 Å². The van der Waals surface area contributed by atoms with Gasteiger partial charge >= 0.3 is 6.01 Å². The number of morpholine rings is 1. The van der Waals surface area contributed by atoms with E-state index in [1.165, 1.54) is 0 Å². The predicted molar refractivity (Wildman–Crippen MR) is 91.7 cm³/mol. The fourth-order valence-corrected chi connectivity index (χ4v) is 2.20. The van der Waals surface area contributed by atoms with Crippen molar-refractivity contribution in [1.29, 1.82) is 0 Å². The van der Waals surface area contributed by atoms with Gasteiger partial charge in [0, 0.05) is 19.6 Å². The summed E-state index contributed by atoms with van der Waals surface area (Å²) in [6.07, 6.45) is 1.62. The Morgan fingerprint density at radius 1 is 1.21 bits per heavy atom. The van der Waals surface area contributed by atoms with E-state index in [1.807, 2.05) is 42.2 Å². The van der Waals surface area contributed by atoms with Crippen LogP contribution in [0.25, 0.3) is 0 Å². The first-order valence-corrected chi connectivity index (χ1v) is 7.93. The van der Waals surface area contributed by atoms with Gasteiger partial charge in [-0.05, 0) is 12.5 Å². The van der Waals surface area contributed by atoms with E-state index in [4.69, 9.17) is 9.57 Å². The van der Waals surface area contributed by atoms with E-state index in [1.54, 1.807) is 6.21 Å². The molecule has 1 aliphatic rings. The molecule has 0 bridgehead atoms. The standard InChI is InChI=1S/C16H20N6O2/c1-2-17-14-19-15(22-8-10-23-11-9-22)21-16(20-14)24-18-12-13-6-4-3-5-7-13/h3-7,12H,2,8-11H2,1H3,(H,17,19,20,21)/b18-12+. The zero-order valence-electron chi connectivity index (χ0n) is 13.6. The summed E-state index contributed by atoms with van der Waals surface area (Å²) in [5.41, 5.74) is 0.937. The highest BCUT2D eigenvalue weighted by Gasteiger charge is 2.17. The number of rotatable bonds is 6. The minimum absolute atomic E-state index is 0.162. The summed E-state index contributed by atoms with van der Waals surface area (Å²) < 4.78 is 5.36. The van der Waals surface area contributed by atoms with Gasteiger partial charge in [0.1, 0.15) is 0 Å². The largest absolute Gasteiger partial charge is 0.378 e. The molecule has 1 aliphatic heterocycles. The molecule has 2 aromatic rings. The highest BCUT2D eigenvalue weighted by atomic mass is 16.6. The van der Waals surface area contributed by atoms with Gasteiger partial charge in [-0.3, -0.25) is 0 Å². The Morgan fingerprint density at radius 3 is 2.75 bits per heavy atom. The predicted octanol–water partition coefficient (Wildman–Crippen LogP) is 1.55. The van der Waals surface area contributed by atoms with Gasteiger partial charge in [-0.1, -0.05) is 35.5 Å². The molecular formula is C16H20N6O2. The number of nitrogens with one attached hydrogen (secondary N) is 1. The molecule has 2 heterocycles. The number of benzene rings is 1. The lowest BCUT2D eigenvalue weighted by Gasteiger charge is -2.26. The number of ether oxygens (including phenoxy) is 1. The first-order valence-electron chi connectivity index (χ1n) is 7.93. The van der Waals surface area contributed by atoms with Crippen LogP contribution in [0.2, 0.25) is 0 Å². The molecule has 1 N–H and O–H groups in total. The lowest BCUT2D eigenvalue weighted by atomic mass is 10.2. The van der Waals surface area contributed by atoms with Crippen LogP contribution in [0.15, 0.2) is 35.5 Å². The van der Waals surface area contributed by atoms with Crippen LogP contribution in [0.5, 0.6) is 6.01 Å². The van der Waals surface area contributed by atoms with Gasteiger partial charge in [-0.2, -0.15) is 15.0 Å². The number of oxime groups is 1. The molecule has 0 radical (unpaired) electrons. The van der Waals surface area contributed by atoms with Crippen LogP contribution < -0.4 is 15.1 Å². The molecular weight excluding hydrogens is 308 g/mol. The molecule has 0 unspecified atom stereocenters. The van der Waals surface area contributed by atoms with Crippen LogP contribution in [0.3, 0.4) is 0 Å². The number of nitrogens with zero attached hydrogens (tertiary/aromatic N) is 5. The van der Waals surface area contributed by atoms with Crippen molar-refractivity contribution in [2.45, 2.75) is 6.92 Å². The minimum atomic E-state index is 0.162. The van der Waals surface area contributed by atoms with Gasteiger partial charge in [-0.15, -0.1) is 0 Å². The summed E-state index contributed by atoms with van der Waals surface area (Å²) in [6.45, 7) is 5.48. The Kier molecular flexibility index (Phi) is 5.52. The molecule has 1 aromatic heterocycles. The third kappa shape index (κ3) is 4.39. The van der Waals surface area contributed by atoms with Crippen LogP contribution >= 0.6 is 0 Å². The fraction of sp³-hybridized carbons (Fsp3) is 0.375. The maximum absolute atomic E-state index is 5.36. The third-order valence-electron chi connectivity index (χ3n) is 3.37. The van der Waals surface area contributed by atoms with Gasteiger partial charge in [0.15, 0.2) is 0 Å². The van der Waals surface area contributed by atoms with E-state index in [0.29, 0.717) is 31.7 Å². The number of anilines is 2. The molecule has 8 heteroatoms. The molecule has 0 aliphatic carbocycles. The van der Waals surface area contributed by atoms with Crippen molar-refractivity contribution in [3.05, 3.63) is 35.9 Å². The molecule has 24 heavy (non-hydrogen) atoms. The van der Waals surface area contributed by atoms with Crippen molar-refractivity contribution in [1.82, 2.24) is 15.0 Å². The van der Waals surface area contributed by atoms with E-state index >= 15 is 0 Å². The van der Waals surface area contributed by atoms with Crippen LogP contribution in [-0.4, -0.2) is 54.0 Å². The van der Waals surface area contributed by atoms with Gasteiger partial charge < -0.3 is 19.8 Å². The monoisotopic (exact) mass is 328 g/mol. The van der Waals surface area contributed by atoms with Crippen molar-refractivity contribution in [3.63, 3.8) is 0 Å². The second-order valence-electron chi connectivity index (χ2n) is 5.11. The first-order chi connectivity index (χ1) is 11.8. The average molecular weight is 328 g/mol. The van der Waals surface area contributed by atoms with E-state index in [2.05, 4.69) is 25.4 Å². The number of hydrogen-bond donors (Lipinski definition) is 1. The zero-order valence-corrected chi connectivity index (χ0v) is 13.6. The highest BCUT2D eigenvalue weighted by molar-refractivity contribution is 5.78. The summed E-state index contributed by atoms with van der Waals surface area (Å²) in [7, 11) is 0. The molecule has 0 saturated carbocycles. The quantitative estimate of drug-likeness (QED) is 0.636. The van der Waals surface area contributed by atoms with Crippen LogP contribution in [-0.2, 0) is 4.74 Å². The topological polar surface area (TPSA) is 84.8 Å². The summed E-state index contributed by atoms with van der Waals surface area (Å²) in [6, 6.07) is 9.84. The van der Waals surface area contributed by atoms with E-state index in [0.717, 1.165) is 18.7 Å². The molecule has 126 valence electrons. The molecule has 3 rings (SSSR count). The Hall–Kier alpha value is -2.74. The summed E-state index contributed by atoms with van der Waals surface area (Å²) in [5, 5.41) is 7.03. The van der Waals surface area contributed by atoms with Crippen molar-refractivity contribution >= 4 is 18.1 Å². The van der Waals surface area contributed by atoms with Crippen LogP contribution in [0, 0.1) is 0 Å². The van der Waals surface area contributed by atoms with Crippen molar-refractivity contribution in [3.8, 4) is 6.01 Å². The van der Waals surface area contributed by atoms with Crippen molar-refractivity contribution < 1.29 is 9.57 Å². The fourth-order valence-electron chi connectivity index (χ4n) is 2.20. The van der Waals surface area contributed by atoms with E-state index < -0.39 is 0 Å². The Labute approximate surface area is 140 Å². The summed E-state index contributed by atoms with van der Waals surface area (Å²) in [5.74, 6) is 1.04.